The molecule has 0 aliphatic heterocycles. The molecule has 0 heterocycles. The molecule has 2 rings (SSSR count). The molecule has 8 heteroatoms. The maximum absolute atomic E-state index is 12.1. The molecule has 2 amide bonds. The van der Waals surface area contributed by atoms with Crippen LogP contribution in [0, 0.1) is 10.1 Å². The molecule has 0 unspecified atom stereocenters. The number of ether oxygens (including phenoxy) is 1. The van der Waals surface area contributed by atoms with Gasteiger partial charge in [-0.25, -0.2) is 0 Å². The average molecular weight is 399 g/mol. The van der Waals surface area contributed by atoms with E-state index in [4.69, 9.17) is 4.74 Å². The van der Waals surface area contributed by atoms with E-state index in [0.717, 1.165) is 12.8 Å². The molecule has 154 valence electrons. The van der Waals surface area contributed by atoms with Crippen LogP contribution >= 0.6 is 0 Å². The number of carbonyl (C=O) groups excluding carboxylic acids is 2. The summed E-state index contributed by atoms with van der Waals surface area (Å²) in [7, 11) is 0. The van der Waals surface area contributed by atoms with Crippen molar-refractivity contribution in [1.29, 1.82) is 0 Å². The monoisotopic (exact) mass is 399 g/mol. The van der Waals surface area contributed by atoms with Crippen LogP contribution in [-0.4, -0.2) is 23.3 Å². The van der Waals surface area contributed by atoms with E-state index in [2.05, 4.69) is 17.8 Å². The van der Waals surface area contributed by atoms with Gasteiger partial charge in [0.1, 0.15) is 5.75 Å². The van der Waals surface area contributed by atoms with Gasteiger partial charge in [-0.05, 0) is 36.2 Å². The van der Waals surface area contributed by atoms with Gasteiger partial charge in [0.15, 0.2) is 0 Å². The highest BCUT2D eigenvalue weighted by Gasteiger charge is 2.10. The summed E-state index contributed by atoms with van der Waals surface area (Å²) in [5, 5.41) is 10.6. The van der Waals surface area contributed by atoms with E-state index >= 15 is 0 Å². The highest BCUT2D eigenvalue weighted by molar-refractivity contribution is 5.95. The number of nitrogens with one attached hydrogen (secondary N) is 2. The van der Waals surface area contributed by atoms with Crippen molar-refractivity contribution in [3.63, 3.8) is 0 Å². The van der Waals surface area contributed by atoms with Crippen LogP contribution in [0.3, 0.4) is 0 Å². The Morgan fingerprint density at radius 3 is 2.28 bits per heavy atom. The predicted octanol–water partition coefficient (Wildman–Crippen LogP) is 3.56. The van der Waals surface area contributed by atoms with Crippen LogP contribution in [0.4, 0.5) is 5.69 Å². The molecule has 2 aromatic carbocycles. The molecule has 0 radical (unpaired) electrons. The number of carbonyl (C=O) groups is 2. The highest BCUT2D eigenvalue weighted by atomic mass is 16.6. The lowest BCUT2D eigenvalue weighted by Crippen LogP contribution is -2.42. The van der Waals surface area contributed by atoms with Gasteiger partial charge in [-0.1, -0.05) is 38.3 Å². The molecule has 0 atom stereocenters. The Kier molecular flexibility index (Phi) is 8.62. The van der Waals surface area contributed by atoms with Crippen molar-refractivity contribution in [2.24, 2.45) is 0 Å². The van der Waals surface area contributed by atoms with Crippen molar-refractivity contribution < 1.29 is 19.2 Å². The first-order valence-corrected chi connectivity index (χ1v) is 9.55. The molecule has 0 aromatic heterocycles. The van der Waals surface area contributed by atoms with Crippen molar-refractivity contribution in [1.82, 2.24) is 10.9 Å². The van der Waals surface area contributed by atoms with E-state index in [0.29, 0.717) is 23.5 Å². The molecule has 0 saturated heterocycles. The minimum atomic E-state index is -0.507. The van der Waals surface area contributed by atoms with Gasteiger partial charge in [-0.3, -0.25) is 30.6 Å². The normalized spacial score (nSPS) is 10.2. The van der Waals surface area contributed by atoms with Crippen LogP contribution in [0.15, 0.2) is 48.5 Å². The fraction of sp³-hybridized carbons (Fsp3) is 0.333. The van der Waals surface area contributed by atoms with Crippen LogP contribution in [0.5, 0.6) is 5.75 Å². The molecular formula is C21H25N3O5. The van der Waals surface area contributed by atoms with Gasteiger partial charge >= 0.3 is 0 Å². The summed E-state index contributed by atoms with van der Waals surface area (Å²) in [5.41, 5.74) is 5.62. The average Bonchev–Trinajstić information content (AvgIpc) is 2.72. The zero-order valence-corrected chi connectivity index (χ0v) is 16.3. The summed E-state index contributed by atoms with van der Waals surface area (Å²) in [6.07, 6.45) is 4.49. The summed E-state index contributed by atoms with van der Waals surface area (Å²) in [4.78, 5) is 34.2. The van der Waals surface area contributed by atoms with E-state index in [9.17, 15) is 19.7 Å². The topological polar surface area (TPSA) is 111 Å². The van der Waals surface area contributed by atoms with Gasteiger partial charge in [0.2, 0.25) is 5.91 Å². The van der Waals surface area contributed by atoms with E-state index in [1.165, 1.54) is 37.1 Å². The van der Waals surface area contributed by atoms with Crippen LogP contribution < -0.4 is 15.6 Å². The van der Waals surface area contributed by atoms with Gasteiger partial charge in [-0.2, -0.15) is 0 Å². The lowest BCUT2D eigenvalue weighted by Gasteiger charge is -2.09. The van der Waals surface area contributed by atoms with E-state index in [1.807, 2.05) is 0 Å². The smallest absolute Gasteiger partial charge is 0.269 e. The van der Waals surface area contributed by atoms with Crippen molar-refractivity contribution in [2.75, 3.05) is 6.61 Å². The van der Waals surface area contributed by atoms with Crippen molar-refractivity contribution in [3.8, 4) is 5.75 Å². The van der Waals surface area contributed by atoms with Crippen LogP contribution in [0.25, 0.3) is 0 Å². The lowest BCUT2D eigenvalue weighted by molar-refractivity contribution is -0.384. The summed E-state index contributed by atoms with van der Waals surface area (Å²) in [5.74, 6) is -0.184. The van der Waals surface area contributed by atoms with E-state index < -0.39 is 16.7 Å². The fourth-order valence-corrected chi connectivity index (χ4v) is 2.59. The summed E-state index contributed by atoms with van der Waals surface area (Å²) < 4.78 is 5.63. The number of hydrogen-bond acceptors (Lipinski definition) is 5. The van der Waals surface area contributed by atoms with Crippen molar-refractivity contribution in [2.45, 2.75) is 39.0 Å². The lowest BCUT2D eigenvalue weighted by atomic mass is 10.1. The molecule has 0 spiro atoms. The molecule has 2 N–H and O–H groups in total. The minimum Gasteiger partial charge on any atom is -0.494 e. The van der Waals surface area contributed by atoms with Gasteiger partial charge in [0, 0.05) is 17.7 Å². The fourth-order valence-electron chi connectivity index (χ4n) is 2.59. The Morgan fingerprint density at radius 2 is 1.66 bits per heavy atom. The first kappa shape index (κ1) is 21.9. The number of nitrogens with zero attached hydrogens (tertiary/aromatic N) is 1. The van der Waals surface area contributed by atoms with Gasteiger partial charge in [-0.15, -0.1) is 0 Å². The number of hydrazine groups is 1. The number of hydrogen-bond donors (Lipinski definition) is 2. The molecule has 0 aliphatic carbocycles. The summed E-state index contributed by atoms with van der Waals surface area (Å²) in [6, 6.07) is 12.3. The molecule has 0 bridgehead atoms. The Morgan fingerprint density at radius 1 is 0.966 bits per heavy atom. The van der Waals surface area contributed by atoms with Crippen LogP contribution in [-0.2, 0) is 11.2 Å². The zero-order valence-electron chi connectivity index (χ0n) is 16.3. The SMILES string of the molecule is CCCCCCOc1ccc(C(=O)NNC(=O)Cc2ccc([N+](=O)[O-])cc2)cc1. The third kappa shape index (κ3) is 7.61. The molecule has 29 heavy (non-hydrogen) atoms. The predicted molar refractivity (Wildman–Crippen MR) is 108 cm³/mol. The quantitative estimate of drug-likeness (QED) is 0.361. The number of unbranched alkanes of at least 4 members (excludes halogenated alkanes) is 3. The van der Waals surface area contributed by atoms with Gasteiger partial charge in [0.25, 0.3) is 11.6 Å². The first-order chi connectivity index (χ1) is 14.0. The number of amides is 2. The zero-order chi connectivity index (χ0) is 21.1. The summed E-state index contributed by atoms with van der Waals surface area (Å²) in [6.45, 7) is 2.80. The Balaban J connectivity index is 1.75. The Labute approximate surface area is 169 Å². The minimum absolute atomic E-state index is 0.0108. The Hall–Kier alpha value is -3.42. The largest absolute Gasteiger partial charge is 0.494 e. The second-order valence-electron chi connectivity index (χ2n) is 6.54. The Bertz CT molecular complexity index is 819. The second kappa shape index (κ2) is 11.4. The number of nitro groups is 1. The number of benzene rings is 2. The second-order valence-corrected chi connectivity index (χ2v) is 6.54. The number of nitro benzene ring substituents is 1. The molecule has 0 aliphatic rings. The molecule has 2 aromatic rings. The first-order valence-electron chi connectivity index (χ1n) is 9.55. The molecule has 0 saturated carbocycles. The van der Waals surface area contributed by atoms with Crippen molar-refractivity contribution >= 4 is 17.5 Å². The molecule has 0 fully saturated rings. The van der Waals surface area contributed by atoms with Crippen molar-refractivity contribution in [3.05, 3.63) is 69.8 Å². The standard InChI is InChI=1S/C21H25N3O5/c1-2-3-4-5-14-29-19-12-8-17(9-13-19)21(26)23-22-20(25)15-16-6-10-18(11-7-16)24(27)28/h6-13H,2-5,14-15H2,1H3,(H,22,25)(H,23,26). The molecular weight excluding hydrogens is 374 g/mol. The highest BCUT2D eigenvalue weighted by Crippen LogP contribution is 2.14. The maximum Gasteiger partial charge on any atom is 0.269 e. The number of non-ortho nitro benzene ring substituents is 1. The van der Waals surface area contributed by atoms with E-state index in [1.54, 1.807) is 24.3 Å². The van der Waals surface area contributed by atoms with E-state index in [-0.39, 0.29) is 12.1 Å². The summed E-state index contributed by atoms with van der Waals surface area (Å²) >= 11 is 0. The number of rotatable bonds is 10. The third-order valence-electron chi connectivity index (χ3n) is 4.21. The van der Waals surface area contributed by atoms with Crippen LogP contribution in [0.1, 0.15) is 48.5 Å². The van der Waals surface area contributed by atoms with Gasteiger partial charge in [0.05, 0.1) is 18.0 Å². The van der Waals surface area contributed by atoms with Gasteiger partial charge < -0.3 is 4.74 Å². The maximum atomic E-state index is 12.1. The third-order valence-corrected chi connectivity index (χ3v) is 4.21. The van der Waals surface area contributed by atoms with Crippen LogP contribution in [0.2, 0.25) is 0 Å². The molecule has 8 nitrogen and oxygen atoms in total.